The average molecular weight is 290 g/mol. The molecule has 0 saturated carbocycles. The van der Waals surface area contributed by atoms with Gasteiger partial charge in [0.2, 0.25) is 0 Å². The molecule has 0 radical (unpaired) electrons. The fourth-order valence-electron chi connectivity index (χ4n) is 2.46. The molecule has 0 aromatic carbocycles. The first-order valence-electron chi connectivity index (χ1n) is 7.40. The molecule has 2 aromatic heterocycles. The number of aromatic nitrogens is 2. The van der Waals surface area contributed by atoms with E-state index in [1.807, 2.05) is 36.1 Å². The van der Waals surface area contributed by atoms with Crippen molar-refractivity contribution >= 4 is 0 Å². The normalized spacial score (nSPS) is 14.8. The molecule has 0 aliphatic rings. The quantitative estimate of drug-likeness (QED) is 0.850. The maximum Gasteiger partial charge on any atom is 0.133 e. The van der Waals surface area contributed by atoms with Crippen LogP contribution < -0.4 is 5.32 Å². The van der Waals surface area contributed by atoms with Gasteiger partial charge >= 0.3 is 0 Å². The fraction of sp³-hybridized carbons (Fsp3) is 0.562. The molecule has 5 heteroatoms. The molecule has 0 saturated heterocycles. The van der Waals surface area contributed by atoms with Gasteiger partial charge < -0.3 is 13.9 Å². The SMILES string of the molecule is CC(C)C(CN(C)C)NC(c1ccco1)c1nccn1C. The van der Waals surface area contributed by atoms with Gasteiger partial charge in [-0.25, -0.2) is 4.98 Å². The zero-order valence-electron chi connectivity index (χ0n) is 13.6. The molecule has 0 aliphatic heterocycles. The van der Waals surface area contributed by atoms with E-state index < -0.39 is 0 Å². The number of rotatable bonds is 7. The summed E-state index contributed by atoms with van der Waals surface area (Å²) in [4.78, 5) is 6.69. The monoisotopic (exact) mass is 290 g/mol. The summed E-state index contributed by atoms with van der Waals surface area (Å²) in [5.74, 6) is 2.38. The Morgan fingerprint density at radius 3 is 2.62 bits per heavy atom. The second-order valence-electron chi connectivity index (χ2n) is 6.12. The number of aryl methyl sites for hydroxylation is 1. The fourth-order valence-corrected chi connectivity index (χ4v) is 2.46. The Morgan fingerprint density at radius 1 is 1.38 bits per heavy atom. The molecule has 2 atom stereocenters. The van der Waals surface area contributed by atoms with Gasteiger partial charge in [-0.2, -0.15) is 0 Å². The lowest BCUT2D eigenvalue weighted by atomic mass is 10.0. The molecular weight excluding hydrogens is 264 g/mol. The van der Waals surface area contributed by atoms with E-state index in [0.717, 1.165) is 18.1 Å². The minimum atomic E-state index is -0.0349. The van der Waals surface area contributed by atoms with Crippen LogP contribution in [0.15, 0.2) is 35.2 Å². The Morgan fingerprint density at radius 2 is 2.14 bits per heavy atom. The number of likely N-dealkylation sites (N-methyl/N-ethyl adjacent to an activating group) is 1. The first-order valence-corrected chi connectivity index (χ1v) is 7.40. The average Bonchev–Trinajstić information content (AvgIpc) is 3.05. The Labute approximate surface area is 127 Å². The Hall–Kier alpha value is -1.59. The maximum atomic E-state index is 5.63. The molecule has 0 fully saturated rings. The first kappa shape index (κ1) is 15.8. The molecule has 0 aliphatic carbocycles. The summed E-state index contributed by atoms with van der Waals surface area (Å²) in [6.07, 6.45) is 5.50. The summed E-state index contributed by atoms with van der Waals surface area (Å²) in [5.41, 5.74) is 0. The van der Waals surface area contributed by atoms with E-state index in [1.54, 1.807) is 6.26 Å². The second-order valence-corrected chi connectivity index (χ2v) is 6.12. The molecule has 2 unspecified atom stereocenters. The number of hydrogen-bond acceptors (Lipinski definition) is 4. The number of nitrogens with one attached hydrogen (secondary N) is 1. The smallest absolute Gasteiger partial charge is 0.133 e. The summed E-state index contributed by atoms with van der Waals surface area (Å²) in [6.45, 7) is 5.44. The van der Waals surface area contributed by atoms with Crippen LogP contribution in [0.2, 0.25) is 0 Å². The topological polar surface area (TPSA) is 46.2 Å². The first-order chi connectivity index (χ1) is 9.99. The van der Waals surface area contributed by atoms with Crippen molar-refractivity contribution in [2.45, 2.75) is 25.9 Å². The standard InChI is InChI=1S/C16H26N4O/c1-12(2)13(11-19(3)4)18-15(14-7-6-10-21-14)16-17-8-9-20(16)5/h6-10,12-13,15,18H,11H2,1-5H3. The zero-order valence-corrected chi connectivity index (χ0v) is 13.6. The van der Waals surface area contributed by atoms with Crippen LogP contribution in [-0.2, 0) is 7.05 Å². The van der Waals surface area contributed by atoms with Crippen molar-refractivity contribution in [2.24, 2.45) is 13.0 Å². The second kappa shape index (κ2) is 6.91. The van der Waals surface area contributed by atoms with E-state index in [-0.39, 0.29) is 6.04 Å². The predicted molar refractivity (Wildman–Crippen MR) is 84.1 cm³/mol. The third kappa shape index (κ3) is 3.95. The molecular formula is C16H26N4O. The minimum absolute atomic E-state index is 0.0349. The van der Waals surface area contributed by atoms with Crippen molar-refractivity contribution in [3.05, 3.63) is 42.4 Å². The third-order valence-electron chi connectivity index (χ3n) is 3.69. The van der Waals surface area contributed by atoms with E-state index in [4.69, 9.17) is 4.42 Å². The summed E-state index contributed by atoms with van der Waals surface area (Å²) >= 11 is 0. The molecule has 2 rings (SSSR count). The van der Waals surface area contributed by atoms with Gasteiger partial charge in [0, 0.05) is 32.0 Å². The third-order valence-corrected chi connectivity index (χ3v) is 3.69. The number of nitrogens with zero attached hydrogens (tertiary/aromatic N) is 3. The highest BCUT2D eigenvalue weighted by Gasteiger charge is 2.26. The highest BCUT2D eigenvalue weighted by Crippen LogP contribution is 2.22. The van der Waals surface area contributed by atoms with Crippen molar-refractivity contribution in [2.75, 3.05) is 20.6 Å². The molecule has 0 spiro atoms. The van der Waals surface area contributed by atoms with Crippen LogP contribution in [0.25, 0.3) is 0 Å². The summed E-state index contributed by atoms with van der Waals surface area (Å²) in [6, 6.07) is 4.24. The molecule has 1 N–H and O–H groups in total. The van der Waals surface area contributed by atoms with Crippen LogP contribution >= 0.6 is 0 Å². The molecule has 2 heterocycles. The molecule has 116 valence electrons. The Kier molecular flexibility index (Phi) is 5.20. The van der Waals surface area contributed by atoms with Crippen LogP contribution in [0, 0.1) is 5.92 Å². The number of imidazole rings is 1. The van der Waals surface area contributed by atoms with Gasteiger partial charge in [0.15, 0.2) is 0 Å². The van der Waals surface area contributed by atoms with Crippen molar-refractivity contribution in [3.8, 4) is 0 Å². The summed E-state index contributed by atoms with van der Waals surface area (Å²) in [5, 5.41) is 3.71. The summed E-state index contributed by atoms with van der Waals surface area (Å²) < 4.78 is 7.67. The molecule has 5 nitrogen and oxygen atoms in total. The van der Waals surface area contributed by atoms with Crippen LogP contribution in [0.5, 0.6) is 0 Å². The molecule has 2 aromatic rings. The van der Waals surface area contributed by atoms with Crippen LogP contribution in [0.3, 0.4) is 0 Å². The zero-order chi connectivity index (χ0) is 15.4. The lowest BCUT2D eigenvalue weighted by molar-refractivity contribution is 0.265. The van der Waals surface area contributed by atoms with Crippen LogP contribution in [0.1, 0.15) is 31.5 Å². The van der Waals surface area contributed by atoms with Crippen molar-refractivity contribution in [1.29, 1.82) is 0 Å². The van der Waals surface area contributed by atoms with E-state index in [0.29, 0.717) is 12.0 Å². The predicted octanol–water partition coefficient (Wildman–Crippen LogP) is 2.28. The van der Waals surface area contributed by atoms with E-state index in [9.17, 15) is 0 Å². The lowest BCUT2D eigenvalue weighted by Gasteiger charge is -2.29. The summed E-state index contributed by atoms with van der Waals surface area (Å²) in [7, 11) is 6.20. The van der Waals surface area contributed by atoms with Crippen molar-refractivity contribution in [3.63, 3.8) is 0 Å². The molecule has 0 bridgehead atoms. The van der Waals surface area contributed by atoms with Gasteiger partial charge in [-0.1, -0.05) is 13.8 Å². The van der Waals surface area contributed by atoms with Gasteiger partial charge in [0.25, 0.3) is 0 Å². The van der Waals surface area contributed by atoms with Crippen LogP contribution in [-0.4, -0.2) is 41.1 Å². The van der Waals surface area contributed by atoms with E-state index >= 15 is 0 Å². The van der Waals surface area contributed by atoms with E-state index in [1.165, 1.54) is 0 Å². The van der Waals surface area contributed by atoms with E-state index in [2.05, 4.69) is 43.1 Å². The van der Waals surface area contributed by atoms with Gasteiger partial charge in [0.1, 0.15) is 17.6 Å². The van der Waals surface area contributed by atoms with Gasteiger partial charge in [0.05, 0.1) is 6.26 Å². The van der Waals surface area contributed by atoms with Gasteiger partial charge in [-0.3, -0.25) is 5.32 Å². The van der Waals surface area contributed by atoms with Crippen molar-refractivity contribution < 1.29 is 4.42 Å². The van der Waals surface area contributed by atoms with Crippen LogP contribution in [0.4, 0.5) is 0 Å². The van der Waals surface area contributed by atoms with Gasteiger partial charge in [-0.05, 0) is 32.1 Å². The largest absolute Gasteiger partial charge is 0.467 e. The molecule has 0 amide bonds. The highest BCUT2D eigenvalue weighted by molar-refractivity contribution is 5.16. The van der Waals surface area contributed by atoms with Crippen molar-refractivity contribution in [1.82, 2.24) is 19.8 Å². The Balaban J connectivity index is 2.26. The highest BCUT2D eigenvalue weighted by atomic mass is 16.3. The number of hydrogen-bond donors (Lipinski definition) is 1. The minimum Gasteiger partial charge on any atom is -0.467 e. The molecule has 21 heavy (non-hydrogen) atoms. The van der Waals surface area contributed by atoms with Gasteiger partial charge in [-0.15, -0.1) is 0 Å². The Bertz CT molecular complexity index is 530. The number of furan rings is 1. The lowest BCUT2D eigenvalue weighted by Crippen LogP contribution is -2.44. The maximum absolute atomic E-state index is 5.63.